The summed E-state index contributed by atoms with van der Waals surface area (Å²) in [6, 6.07) is 13.7. The van der Waals surface area contributed by atoms with E-state index >= 15 is 0 Å². The molecule has 0 radical (unpaired) electrons. The fourth-order valence-corrected chi connectivity index (χ4v) is 3.73. The number of carbonyl (C=O) groups excluding carboxylic acids is 2. The van der Waals surface area contributed by atoms with Gasteiger partial charge in [-0.05, 0) is 62.2 Å². The van der Waals surface area contributed by atoms with Crippen molar-refractivity contribution in [1.82, 2.24) is 9.78 Å². The van der Waals surface area contributed by atoms with Gasteiger partial charge in [0.1, 0.15) is 5.82 Å². The number of hydrogen-bond donors (Lipinski definition) is 1. The molecule has 0 bridgehead atoms. The molecule has 1 saturated heterocycles. The molecule has 0 aliphatic carbocycles. The van der Waals surface area contributed by atoms with Gasteiger partial charge >= 0.3 is 0 Å². The number of carbonyl (C=O) groups is 2. The van der Waals surface area contributed by atoms with Crippen molar-refractivity contribution in [3.63, 3.8) is 0 Å². The summed E-state index contributed by atoms with van der Waals surface area (Å²) in [6.45, 7) is 5.01. The molecule has 4 rings (SSSR count). The molecule has 7 heteroatoms. The van der Waals surface area contributed by atoms with E-state index in [1.165, 1.54) is 17.0 Å². The zero-order chi connectivity index (χ0) is 21.3. The summed E-state index contributed by atoms with van der Waals surface area (Å²) in [6.07, 6.45) is 1.16. The number of hydrogen-bond acceptors (Lipinski definition) is 3. The molecule has 30 heavy (non-hydrogen) atoms. The minimum Gasteiger partial charge on any atom is -0.322 e. The third-order valence-electron chi connectivity index (χ3n) is 5.19. The van der Waals surface area contributed by atoms with Gasteiger partial charge in [-0.15, -0.1) is 0 Å². The Morgan fingerprint density at radius 3 is 2.67 bits per heavy atom. The monoisotopic (exact) mass is 406 g/mol. The highest BCUT2D eigenvalue weighted by atomic mass is 19.1. The van der Waals surface area contributed by atoms with Crippen molar-refractivity contribution in [3.05, 3.63) is 76.9 Å². The lowest BCUT2D eigenvalue weighted by Gasteiger charge is -2.17. The molecule has 0 saturated carbocycles. The summed E-state index contributed by atoms with van der Waals surface area (Å²) in [7, 11) is 0. The number of nitrogens with one attached hydrogen (secondary N) is 1. The zero-order valence-electron chi connectivity index (χ0n) is 17.0. The highest BCUT2D eigenvalue weighted by Crippen LogP contribution is 2.27. The normalized spacial score (nSPS) is 13.7. The van der Waals surface area contributed by atoms with Crippen LogP contribution in [0.15, 0.2) is 48.5 Å². The summed E-state index contributed by atoms with van der Waals surface area (Å²) in [5.41, 5.74) is 4.02. The summed E-state index contributed by atoms with van der Waals surface area (Å²) in [4.78, 5) is 26.0. The number of benzene rings is 2. The summed E-state index contributed by atoms with van der Waals surface area (Å²) < 4.78 is 16.4. The third kappa shape index (κ3) is 4.10. The van der Waals surface area contributed by atoms with Crippen LogP contribution >= 0.6 is 0 Å². The first-order chi connectivity index (χ1) is 14.4. The number of anilines is 2. The molecular formula is C23H23FN4O2. The molecule has 1 N–H and O–H groups in total. The van der Waals surface area contributed by atoms with Crippen molar-refractivity contribution in [2.75, 3.05) is 16.8 Å². The van der Waals surface area contributed by atoms with Gasteiger partial charge in [0.15, 0.2) is 0 Å². The number of aromatic nitrogens is 2. The zero-order valence-corrected chi connectivity index (χ0v) is 17.0. The SMILES string of the molecule is Cc1cc(C)n(Cc2cccc(C(=O)Nc3ccc(N4CCCC4=O)c(F)c3)c2)n1. The van der Waals surface area contributed by atoms with Crippen molar-refractivity contribution >= 4 is 23.2 Å². The van der Waals surface area contributed by atoms with Crippen LogP contribution < -0.4 is 10.2 Å². The highest BCUT2D eigenvalue weighted by molar-refractivity contribution is 6.04. The fourth-order valence-electron chi connectivity index (χ4n) is 3.73. The van der Waals surface area contributed by atoms with E-state index in [1.54, 1.807) is 18.2 Å². The van der Waals surface area contributed by atoms with Crippen LogP contribution in [0.5, 0.6) is 0 Å². The van der Waals surface area contributed by atoms with Crippen molar-refractivity contribution in [2.24, 2.45) is 0 Å². The minimum atomic E-state index is -0.527. The van der Waals surface area contributed by atoms with Gasteiger partial charge in [-0.25, -0.2) is 4.39 Å². The quantitative estimate of drug-likeness (QED) is 0.695. The van der Waals surface area contributed by atoms with Crippen LogP contribution in [0.4, 0.5) is 15.8 Å². The van der Waals surface area contributed by atoms with Gasteiger partial charge in [0.25, 0.3) is 5.91 Å². The second kappa shape index (κ2) is 8.10. The Bertz CT molecular complexity index is 1120. The molecule has 154 valence electrons. The van der Waals surface area contributed by atoms with E-state index in [9.17, 15) is 14.0 Å². The predicted octanol–water partition coefficient (Wildman–Crippen LogP) is 4.07. The van der Waals surface area contributed by atoms with E-state index in [0.717, 1.165) is 23.4 Å². The lowest BCUT2D eigenvalue weighted by Crippen LogP contribution is -2.24. The summed E-state index contributed by atoms with van der Waals surface area (Å²) >= 11 is 0. The van der Waals surface area contributed by atoms with Crippen LogP contribution in [0.25, 0.3) is 0 Å². The van der Waals surface area contributed by atoms with Crippen LogP contribution in [0.3, 0.4) is 0 Å². The largest absolute Gasteiger partial charge is 0.322 e. The van der Waals surface area contributed by atoms with Gasteiger partial charge in [-0.3, -0.25) is 14.3 Å². The van der Waals surface area contributed by atoms with Crippen LogP contribution in [0, 0.1) is 19.7 Å². The van der Waals surface area contributed by atoms with Gasteiger partial charge < -0.3 is 10.2 Å². The Kier molecular flexibility index (Phi) is 5.35. The second-order valence-electron chi connectivity index (χ2n) is 7.55. The van der Waals surface area contributed by atoms with Crippen LogP contribution in [0.1, 0.15) is 40.2 Å². The number of amides is 2. The minimum absolute atomic E-state index is 0.0786. The van der Waals surface area contributed by atoms with Crippen LogP contribution in [0.2, 0.25) is 0 Å². The summed E-state index contributed by atoms with van der Waals surface area (Å²) in [5.74, 6) is -0.930. The highest BCUT2D eigenvalue weighted by Gasteiger charge is 2.24. The first-order valence-corrected chi connectivity index (χ1v) is 9.92. The first-order valence-electron chi connectivity index (χ1n) is 9.92. The molecule has 0 atom stereocenters. The van der Waals surface area contributed by atoms with E-state index in [2.05, 4.69) is 10.4 Å². The molecule has 1 aliphatic rings. The molecule has 0 spiro atoms. The third-order valence-corrected chi connectivity index (χ3v) is 5.19. The first kappa shape index (κ1) is 19.8. The van der Waals surface area contributed by atoms with E-state index in [-0.39, 0.29) is 17.5 Å². The predicted molar refractivity (Wildman–Crippen MR) is 113 cm³/mol. The van der Waals surface area contributed by atoms with Crippen molar-refractivity contribution in [3.8, 4) is 0 Å². The van der Waals surface area contributed by atoms with Crippen molar-refractivity contribution in [1.29, 1.82) is 0 Å². The van der Waals surface area contributed by atoms with Gasteiger partial charge in [0.05, 0.1) is 17.9 Å². The van der Waals surface area contributed by atoms with Gasteiger partial charge in [0.2, 0.25) is 5.91 Å². The fraction of sp³-hybridized carbons (Fsp3) is 0.261. The maximum absolute atomic E-state index is 14.5. The standard InChI is InChI=1S/C23H23FN4O2/c1-15-11-16(2)28(26-15)14-17-5-3-6-18(12-17)23(30)25-19-8-9-21(20(24)13-19)27-10-4-7-22(27)29/h3,5-6,8-9,11-13H,4,7,10,14H2,1-2H3,(H,25,30). The van der Waals surface area contributed by atoms with E-state index in [0.29, 0.717) is 30.8 Å². The number of nitrogens with zero attached hydrogens (tertiary/aromatic N) is 3. The van der Waals surface area contributed by atoms with Crippen molar-refractivity contribution in [2.45, 2.75) is 33.2 Å². The Morgan fingerprint density at radius 1 is 1.17 bits per heavy atom. The second-order valence-corrected chi connectivity index (χ2v) is 7.55. The molecule has 0 unspecified atom stereocenters. The number of rotatable bonds is 5. The van der Waals surface area contributed by atoms with E-state index in [4.69, 9.17) is 0 Å². The lowest BCUT2D eigenvalue weighted by molar-refractivity contribution is -0.117. The van der Waals surface area contributed by atoms with Crippen LogP contribution in [-0.2, 0) is 11.3 Å². The van der Waals surface area contributed by atoms with E-state index < -0.39 is 5.82 Å². The Morgan fingerprint density at radius 2 is 2.00 bits per heavy atom. The molecule has 2 aromatic carbocycles. The molecule has 1 aromatic heterocycles. The molecule has 2 amide bonds. The average molecular weight is 406 g/mol. The maximum atomic E-state index is 14.5. The Hall–Kier alpha value is -3.48. The topological polar surface area (TPSA) is 67.2 Å². The Labute approximate surface area is 174 Å². The summed E-state index contributed by atoms with van der Waals surface area (Å²) in [5, 5.41) is 7.18. The molecule has 2 heterocycles. The molecule has 1 fully saturated rings. The number of aryl methyl sites for hydroxylation is 2. The smallest absolute Gasteiger partial charge is 0.255 e. The van der Waals surface area contributed by atoms with Gasteiger partial charge in [-0.1, -0.05) is 12.1 Å². The molecule has 1 aliphatic heterocycles. The average Bonchev–Trinajstić information content (AvgIpc) is 3.26. The van der Waals surface area contributed by atoms with Gasteiger partial charge in [0, 0.05) is 29.9 Å². The van der Waals surface area contributed by atoms with E-state index in [1.807, 2.05) is 36.7 Å². The lowest BCUT2D eigenvalue weighted by atomic mass is 10.1. The van der Waals surface area contributed by atoms with Crippen LogP contribution in [-0.4, -0.2) is 28.1 Å². The molecule has 3 aromatic rings. The van der Waals surface area contributed by atoms with Crippen molar-refractivity contribution < 1.29 is 14.0 Å². The maximum Gasteiger partial charge on any atom is 0.255 e. The van der Waals surface area contributed by atoms with Gasteiger partial charge in [-0.2, -0.15) is 5.10 Å². The molecule has 6 nitrogen and oxygen atoms in total. The molecular weight excluding hydrogens is 383 g/mol. The number of halogens is 1. The Balaban J connectivity index is 1.48.